The van der Waals surface area contributed by atoms with Gasteiger partial charge in [-0.2, -0.15) is 0 Å². The summed E-state index contributed by atoms with van der Waals surface area (Å²) >= 11 is 0. The van der Waals surface area contributed by atoms with Crippen molar-refractivity contribution in [2.24, 2.45) is 5.73 Å². The molecule has 0 bridgehead atoms. The first kappa shape index (κ1) is 12.9. The average Bonchev–Trinajstić information content (AvgIpc) is 2.74. The van der Waals surface area contributed by atoms with Gasteiger partial charge in [-0.1, -0.05) is 19.9 Å². The van der Waals surface area contributed by atoms with Crippen molar-refractivity contribution in [3.05, 3.63) is 29.3 Å². The molecule has 19 heavy (non-hydrogen) atoms. The van der Waals surface area contributed by atoms with Crippen LogP contribution in [0.25, 0.3) is 0 Å². The summed E-state index contributed by atoms with van der Waals surface area (Å²) in [5.74, 6) is 0.974. The zero-order chi connectivity index (χ0) is 13.5. The molecule has 0 saturated carbocycles. The minimum atomic E-state index is -0.151. The highest BCUT2D eigenvalue weighted by molar-refractivity contribution is 5.46. The van der Waals surface area contributed by atoms with Crippen molar-refractivity contribution < 1.29 is 14.2 Å². The Hall–Kier alpha value is -1.10. The molecule has 2 heterocycles. The van der Waals surface area contributed by atoms with Gasteiger partial charge in [-0.05, 0) is 17.7 Å². The highest BCUT2D eigenvalue weighted by atomic mass is 16.6. The third kappa shape index (κ3) is 2.36. The zero-order valence-corrected chi connectivity index (χ0v) is 11.5. The fraction of sp³-hybridized carbons (Fsp3) is 0.600. The molecule has 0 amide bonds. The summed E-state index contributed by atoms with van der Waals surface area (Å²) in [5.41, 5.74) is 8.68. The monoisotopic (exact) mass is 263 g/mol. The van der Waals surface area contributed by atoms with Crippen molar-refractivity contribution in [3.63, 3.8) is 0 Å². The molecule has 104 valence electrons. The molecule has 0 aliphatic carbocycles. The lowest BCUT2D eigenvalue weighted by molar-refractivity contribution is -0.0975. The van der Waals surface area contributed by atoms with Crippen LogP contribution in [-0.4, -0.2) is 32.5 Å². The molecular weight excluding hydrogens is 242 g/mol. The van der Waals surface area contributed by atoms with E-state index in [-0.39, 0.29) is 17.6 Å². The van der Waals surface area contributed by atoms with E-state index in [2.05, 4.69) is 19.9 Å². The summed E-state index contributed by atoms with van der Waals surface area (Å²) in [5, 5.41) is 0. The van der Waals surface area contributed by atoms with Gasteiger partial charge in [0.05, 0.1) is 32.5 Å². The normalized spacial score (nSPS) is 26.6. The number of nitrogens with two attached hydrogens (primary N) is 1. The molecule has 2 aliphatic heterocycles. The molecule has 3 rings (SSSR count). The van der Waals surface area contributed by atoms with Gasteiger partial charge in [0.25, 0.3) is 0 Å². The van der Waals surface area contributed by atoms with Gasteiger partial charge < -0.3 is 19.9 Å². The molecule has 2 N–H and O–H groups in total. The second-order valence-corrected chi connectivity index (χ2v) is 5.94. The van der Waals surface area contributed by atoms with Crippen molar-refractivity contribution in [3.8, 4) is 5.75 Å². The van der Waals surface area contributed by atoms with E-state index < -0.39 is 0 Å². The van der Waals surface area contributed by atoms with Crippen molar-refractivity contribution in [1.29, 1.82) is 0 Å². The van der Waals surface area contributed by atoms with E-state index in [4.69, 9.17) is 19.9 Å². The summed E-state index contributed by atoms with van der Waals surface area (Å²) in [4.78, 5) is 0. The maximum Gasteiger partial charge on any atom is 0.123 e. The molecule has 4 heteroatoms. The first-order valence-corrected chi connectivity index (χ1v) is 6.80. The standard InChI is InChI=1S/C15H21NO3/c1-15(2)9-19-12-4-3-10(7-11(12)15)14(16)13-8-17-5-6-18-13/h3-4,7,13-14H,5-6,8-9,16H2,1-2H3. The van der Waals surface area contributed by atoms with E-state index >= 15 is 0 Å². The Morgan fingerprint density at radius 1 is 1.32 bits per heavy atom. The second kappa shape index (κ2) is 4.78. The Morgan fingerprint density at radius 2 is 2.16 bits per heavy atom. The van der Waals surface area contributed by atoms with Crippen molar-refractivity contribution in [2.75, 3.05) is 26.4 Å². The molecule has 4 nitrogen and oxygen atoms in total. The smallest absolute Gasteiger partial charge is 0.123 e. The van der Waals surface area contributed by atoms with Crippen molar-refractivity contribution in [2.45, 2.75) is 31.4 Å². The first-order chi connectivity index (χ1) is 9.08. The topological polar surface area (TPSA) is 53.7 Å². The number of hydrogen-bond donors (Lipinski definition) is 1. The highest BCUT2D eigenvalue weighted by Crippen LogP contribution is 2.39. The SMILES string of the molecule is CC1(C)COc2ccc(C(N)C3COCCO3)cc21. The molecule has 1 aromatic rings. The summed E-state index contributed by atoms with van der Waals surface area (Å²) in [6.45, 7) is 6.96. The number of ether oxygens (including phenoxy) is 3. The maximum absolute atomic E-state index is 6.31. The van der Waals surface area contributed by atoms with Gasteiger partial charge in [0.1, 0.15) is 11.9 Å². The minimum Gasteiger partial charge on any atom is -0.492 e. The van der Waals surface area contributed by atoms with E-state index in [1.807, 2.05) is 12.1 Å². The Bertz CT molecular complexity index is 466. The van der Waals surface area contributed by atoms with Crippen LogP contribution in [0.2, 0.25) is 0 Å². The quantitative estimate of drug-likeness (QED) is 0.883. The predicted octanol–water partition coefficient (Wildman–Crippen LogP) is 1.77. The van der Waals surface area contributed by atoms with E-state index in [0.717, 1.165) is 17.9 Å². The molecular formula is C15H21NO3. The van der Waals surface area contributed by atoms with Crippen LogP contribution in [0.1, 0.15) is 31.0 Å². The maximum atomic E-state index is 6.31. The zero-order valence-electron chi connectivity index (χ0n) is 11.5. The Kier molecular flexibility index (Phi) is 3.25. The molecule has 2 atom stereocenters. The third-order valence-corrected chi connectivity index (χ3v) is 3.95. The fourth-order valence-corrected chi connectivity index (χ4v) is 2.67. The van der Waals surface area contributed by atoms with Crippen molar-refractivity contribution >= 4 is 0 Å². The first-order valence-electron chi connectivity index (χ1n) is 6.80. The Balaban J connectivity index is 1.85. The highest BCUT2D eigenvalue weighted by Gasteiger charge is 2.33. The van der Waals surface area contributed by atoms with Gasteiger partial charge in [0.2, 0.25) is 0 Å². The lowest BCUT2D eigenvalue weighted by Gasteiger charge is -2.28. The van der Waals surface area contributed by atoms with Crippen molar-refractivity contribution in [1.82, 2.24) is 0 Å². The number of hydrogen-bond acceptors (Lipinski definition) is 4. The summed E-state index contributed by atoms with van der Waals surface area (Å²) in [6.07, 6.45) is -0.0581. The summed E-state index contributed by atoms with van der Waals surface area (Å²) in [6, 6.07) is 6.05. The van der Waals surface area contributed by atoms with Crippen LogP contribution >= 0.6 is 0 Å². The van der Waals surface area contributed by atoms with Gasteiger partial charge >= 0.3 is 0 Å². The van der Waals surface area contributed by atoms with Crippen LogP contribution in [0.4, 0.5) is 0 Å². The Morgan fingerprint density at radius 3 is 2.89 bits per heavy atom. The Labute approximate surface area is 113 Å². The van der Waals surface area contributed by atoms with Gasteiger partial charge in [-0.25, -0.2) is 0 Å². The second-order valence-electron chi connectivity index (χ2n) is 5.94. The molecule has 1 aromatic carbocycles. The summed E-state index contributed by atoms with van der Waals surface area (Å²) in [7, 11) is 0. The largest absolute Gasteiger partial charge is 0.492 e. The van der Waals surface area contributed by atoms with Crippen LogP contribution < -0.4 is 10.5 Å². The van der Waals surface area contributed by atoms with E-state index in [1.165, 1.54) is 5.56 Å². The average molecular weight is 263 g/mol. The molecule has 0 radical (unpaired) electrons. The molecule has 0 spiro atoms. The van der Waals surface area contributed by atoms with Gasteiger partial charge in [-0.3, -0.25) is 0 Å². The fourth-order valence-electron chi connectivity index (χ4n) is 2.67. The molecule has 1 fully saturated rings. The lowest BCUT2D eigenvalue weighted by atomic mass is 9.85. The third-order valence-electron chi connectivity index (χ3n) is 3.95. The molecule has 0 aromatic heterocycles. The van der Waals surface area contributed by atoms with Gasteiger partial charge in [0.15, 0.2) is 0 Å². The van der Waals surface area contributed by atoms with Crippen LogP contribution in [0.5, 0.6) is 5.75 Å². The number of fused-ring (bicyclic) bond motifs is 1. The summed E-state index contributed by atoms with van der Waals surface area (Å²) < 4.78 is 16.8. The molecule has 1 saturated heterocycles. The van der Waals surface area contributed by atoms with Crippen LogP contribution in [0.3, 0.4) is 0 Å². The minimum absolute atomic E-state index is 0.0506. The van der Waals surface area contributed by atoms with Crippen LogP contribution in [-0.2, 0) is 14.9 Å². The van der Waals surface area contributed by atoms with E-state index in [1.54, 1.807) is 0 Å². The predicted molar refractivity (Wildman–Crippen MR) is 72.5 cm³/mol. The van der Waals surface area contributed by atoms with Crippen LogP contribution in [0.15, 0.2) is 18.2 Å². The van der Waals surface area contributed by atoms with Gasteiger partial charge in [-0.15, -0.1) is 0 Å². The number of rotatable bonds is 2. The van der Waals surface area contributed by atoms with Gasteiger partial charge in [0, 0.05) is 11.0 Å². The molecule has 2 unspecified atom stereocenters. The number of benzene rings is 1. The van der Waals surface area contributed by atoms with E-state index in [9.17, 15) is 0 Å². The van der Waals surface area contributed by atoms with E-state index in [0.29, 0.717) is 19.8 Å². The van der Waals surface area contributed by atoms with Crippen LogP contribution in [0, 0.1) is 0 Å². The molecule has 2 aliphatic rings. The lowest BCUT2D eigenvalue weighted by Crippen LogP contribution is -2.37.